The summed E-state index contributed by atoms with van der Waals surface area (Å²) in [4.78, 5) is 2.14. The van der Waals surface area contributed by atoms with Crippen molar-refractivity contribution in [3.05, 3.63) is 29.8 Å². The quantitative estimate of drug-likeness (QED) is 0.554. The second-order valence-electron chi connectivity index (χ2n) is 2.90. The first-order valence-electron chi connectivity index (χ1n) is 3.75. The van der Waals surface area contributed by atoms with Crippen LogP contribution in [0.2, 0.25) is 0 Å². The van der Waals surface area contributed by atoms with E-state index in [4.69, 9.17) is 4.74 Å². The van der Waals surface area contributed by atoms with Crippen molar-refractivity contribution in [2.24, 2.45) is 0 Å². The number of hydrogen-bond acceptors (Lipinski definition) is 2. The SMILES string of the molecule is CN1COc2ccccc2C1. The van der Waals surface area contributed by atoms with Crippen LogP contribution in [0, 0.1) is 0 Å². The van der Waals surface area contributed by atoms with E-state index in [2.05, 4.69) is 18.0 Å². The summed E-state index contributed by atoms with van der Waals surface area (Å²) >= 11 is 0. The number of fused-ring (bicyclic) bond motifs is 1. The molecule has 0 spiro atoms. The van der Waals surface area contributed by atoms with Crippen LogP contribution < -0.4 is 4.74 Å². The van der Waals surface area contributed by atoms with Gasteiger partial charge in [0, 0.05) is 12.1 Å². The van der Waals surface area contributed by atoms with Gasteiger partial charge in [-0.2, -0.15) is 0 Å². The number of nitrogens with zero attached hydrogens (tertiary/aromatic N) is 1. The van der Waals surface area contributed by atoms with E-state index in [-0.39, 0.29) is 0 Å². The van der Waals surface area contributed by atoms with Gasteiger partial charge >= 0.3 is 0 Å². The molecule has 1 aromatic carbocycles. The normalized spacial score (nSPS) is 17.2. The van der Waals surface area contributed by atoms with Crippen molar-refractivity contribution in [2.75, 3.05) is 13.8 Å². The third-order valence-corrected chi connectivity index (χ3v) is 1.85. The number of rotatable bonds is 0. The van der Waals surface area contributed by atoms with Crippen LogP contribution in [-0.4, -0.2) is 18.7 Å². The third-order valence-electron chi connectivity index (χ3n) is 1.85. The van der Waals surface area contributed by atoms with E-state index in [9.17, 15) is 0 Å². The molecule has 2 heteroatoms. The fourth-order valence-corrected chi connectivity index (χ4v) is 1.29. The Hall–Kier alpha value is -1.02. The standard InChI is InChI=1S/C9H11NO/c1-10-6-8-4-2-3-5-9(8)11-7-10/h2-5H,6-7H2,1H3. The summed E-state index contributed by atoms with van der Waals surface area (Å²) in [5, 5.41) is 0. The molecule has 1 aromatic rings. The Balaban J connectivity index is 2.34. The summed E-state index contributed by atoms with van der Waals surface area (Å²) in [6.07, 6.45) is 0. The summed E-state index contributed by atoms with van der Waals surface area (Å²) in [6.45, 7) is 1.70. The molecule has 1 aliphatic heterocycles. The molecule has 0 radical (unpaired) electrons. The summed E-state index contributed by atoms with van der Waals surface area (Å²) in [6, 6.07) is 8.17. The van der Waals surface area contributed by atoms with Crippen LogP contribution in [0.3, 0.4) is 0 Å². The lowest BCUT2D eigenvalue weighted by atomic mass is 10.2. The third kappa shape index (κ3) is 1.21. The molecule has 0 aliphatic carbocycles. The Morgan fingerprint density at radius 3 is 3.09 bits per heavy atom. The van der Waals surface area contributed by atoms with Gasteiger partial charge in [-0.15, -0.1) is 0 Å². The van der Waals surface area contributed by atoms with Crippen LogP contribution >= 0.6 is 0 Å². The molecule has 2 rings (SSSR count). The lowest BCUT2D eigenvalue weighted by Crippen LogP contribution is -2.27. The van der Waals surface area contributed by atoms with Crippen LogP contribution in [0.4, 0.5) is 0 Å². The molecule has 11 heavy (non-hydrogen) atoms. The van der Waals surface area contributed by atoms with Crippen LogP contribution in [0.5, 0.6) is 5.75 Å². The Morgan fingerprint density at radius 2 is 2.18 bits per heavy atom. The number of benzene rings is 1. The maximum Gasteiger partial charge on any atom is 0.142 e. The minimum atomic E-state index is 0.705. The zero-order chi connectivity index (χ0) is 7.68. The summed E-state index contributed by atoms with van der Waals surface area (Å²) in [5.41, 5.74) is 1.28. The highest BCUT2D eigenvalue weighted by Gasteiger charge is 2.11. The molecule has 0 unspecified atom stereocenters. The second kappa shape index (κ2) is 2.55. The van der Waals surface area contributed by atoms with Gasteiger partial charge in [-0.05, 0) is 13.1 Å². The van der Waals surface area contributed by atoms with Crippen molar-refractivity contribution < 1.29 is 4.74 Å². The average molecular weight is 149 g/mol. The monoisotopic (exact) mass is 149 g/mol. The van der Waals surface area contributed by atoms with Crippen LogP contribution in [0.25, 0.3) is 0 Å². The van der Waals surface area contributed by atoms with Crippen molar-refractivity contribution in [1.82, 2.24) is 4.90 Å². The van der Waals surface area contributed by atoms with Crippen LogP contribution in [0.1, 0.15) is 5.56 Å². The summed E-state index contributed by atoms with van der Waals surface area (Å²) in [7, 11) is 2.05. The minimum absolute atomic E-state index is 0.705. The molecular formula is C9H11NO. The Labute approximate surface area is 66.4 Å². The topological polar surface area (TPSA) is 12.5 Å². The van der Waals surface area contributed by atoms with Crippen LogP contribution in [0.15, 0.2) is 24.3 Å². The van der Waals surface area contributed by atoms with Crippen molar-refractivity contribution in [3.63, 3.8) is 0 Å². The van der Waals surface area contributed by atoms with Gasteiger partial charge in [0.1, 0.15) is 12.5 Å². The molecule has 58 valence electrons. The van der Waals surface area contributed by atoms with E-state index in [1.165, 1.54) is 5.56 Å². The maximum absolute atomic E-state index is 5.46. The van der Waals surface area contributed by atoms with Gasteiger partial charge in [0.15, 0.2) is 0 Å². The minimum Gasteiger partial charge on any atom is -0.478 e. The van der Waals surface area contributed by atoms with Gasteiger partial charge in [0.05, 0.1) is 0 Å². The largest absolute Gasteiger partial charge is 0.478 e. The Kier molecular flexibility index (Phi) is 1.55. The van der Waals surface area contributed by atoms with Gasteiger partial charge in [0.2, 0.25) is 0 Å². The van der Waals surface area contributed by atoms with Gasteiger partial charge < -0.3 is 4.74 Å². The maximum atomic E-state index is 5.46. The number of para-hydroxylation sites is 1. The molecule has 0 saturated heterocycles. The average Bonchev–Trinajstić information content (AvgIpc) is 2.04. The van der Waals surface area contributed by atoms with E-state index >= 15 is 0 Å². The van der Waals surface area contributed by atoms with Gasteiger partial charge in [-0.3, -0.25) is 4.90 Å². The zero-order valence-corrected chi connectivity index (χ0v) is 6.58. The smallest absolute Gasteiger partial charge is 0.142 e. The molecule has 0 atom stereocenters. The second-order valence-corrected chi connectivity index (χ2v) is 2.90. The van der Waals surface area contributed by atoms with E-state index in [1.807, 2.05) is 18.2 Å². The predicted molar refractivity (Wildman–Crippen MR) is 43.4 cm³/mol. The van der Waals surface area contributed by atoms with Crippen molar-refractivity contribution in [2.45, 2.75) is 6.54 Å². The molecule has 0 fully saturated rings. The number of ether oxygens (including phenoxy) is 1. The van der Waals surface area contributed by atoms with Crippen LogP contribution in [-0.2, 0) is 6.54 Å². The van der Waals surface area contributed by atoms with E-state index in [0.717, 1.165) is 12.3 Å². The van der Waals surface area contributed by atoms with Gasteiger partial charge in [-0.25, -0.2) is 0 Å². The first-order valence-corrected chi connectivity index (χ1v) is 3.75. The van der Waals surface area contributed by atoms with E-state index in [0.29, 0.717) is 6.73 Å². The lowest BCUT2D eigenvalue weighted by molar-refractivity contribution is 0.121. The molecule has 0 amide bonds. The molecule has 1 aliphatic rings. The van der Waals surface area contributed by atoms with Crippen molar-refractivity contribution >= 4 is 0 Å². The molecular weight excluding hydrogens is 138 g/mol. The molecule has 0 bridgehead atoms. The lowest BCUT2D eigenvalue weighted by Gasteiger charge is -2.24. The Bertz CT molecular complexity index is 259. The molecule has 0 N–H and O–H groups in total. The van der Waals surface area contributed by atoms with Crippen molar-refractivity contribution in [1.29, 1.82) is 0 Å². The Morgan fingerprint density at radius 1 is 1.36 bits per heavy atom. The first-order chi connectivity index (χ1) is 5.36. The van der Waals surface area contributed by atoms with Gasteiger partial charge in [-0.1, -0.05) is 18.2 Å². The van der Waals surface area contributed by atoms with Crippen molar-refractivity contribution in [3.8, 4) is 5.75 Å². The fraction of sp³-hybridized carbons (Fsp3) is 0.333. The highest BCUT2D eigenvalue weighted by Crippen LogP contribution is 2.22. The molecule has 0 saturated carbocycles. The van der Waals surface area contributed by atoms with E-state index < -0.39 is 0 Å². The van der Waals surface area contributed by atoms with Gasteiger partial charge in [0.25, 0.3) is 0 Å². The summed E-state index contributed by atoms with van der Waals surface area (Å²) < 4.78 is 5.46. The fourth-order valence-electron chi connectivity index (χ4n) is 1.29. The molecule has 1 heterocycles. The zero-order valence-electron chi connectivity index (χ0n) is 6.58. The highest BCUT2D eigenvalue weighted by molar-refractivity contribution is 5.34. The molecule has 2 nitrogen and oxygen atoms in total. The molecule has 0 aromatic heterocycles. The highest BCUT2D eigenvalue weighted by atomic mass is 16.5. The first kappa shape index (κ1) is 6.68. The predicted octanol–water partition coefficient (Wildman–Crippen LogP) is 1.47. The number of hydrogen-bond donors (Lipinski definition) is 0. The van der Waals surface area contributed by atoms with E-state index in [1.54, 1.807) is 0 Å². The summed E-state index contributed by atoms with van der Waals surface area (Å²) in [5.74, 6) is 1.03.